The molecule has 0 aliphatic carbocycles. The first-order valence-corrected chi connectivity index (χ1v) is 8.82. The van der Waals surface area contributed by atoms with Gasteiger partial charge in [-0.05, 0) is 74.7 Å². The van der Waals surface area contributed by atoms with Crippen molar-refractivity contribution in [3.8, 4) is 0 Å². The minimum absolute atomic E-state index is 0.0246. The molecule has 2 nitrogen and oxygen atoms in total. The lowest BCUT2D eigenvalue weighted by Crippen LogP contribution is -2.45. The lowest BCUT2D eigenvalue weighted by molar-refractivity contribution is 0.550. The minimum Gasteiger partial charge on any atom is -0.362 e. The molecule has 0 saturated heterocycles. The molecule has 130 valence electrons. The molecule has 0 unspecified atom stereocenters. The summed E-state index contributed by atoms with van der Waals surface area (Å²) in [5, 5.41) is 0. The van der Waals surface area contributed by atoms with Gasteiger partial charge in [-0.3, -0.25) is 4.99 Å². The number of fused-ring (bicyclic) bond motifs is 1. The smallest absolute Gasteiger partial charge is 0.123 e. The Morgan fingerprint density at radius 2 is 1.84 bits per heavy atom. The van der Waals surface area contributed by atoms with Crippen LogP contribution in [0.3, 0.4) is 0 Å². The van der Waals surface area contributed by atoms with Crippen molar-refractivity contribution in [1.82, 2.24) is 0 Å². The molecule has 3 rings (SSSR count). The SMILES string of the molecule is CCCN1c2ccc(C=Nc3ccc(F)cc3)cc2C(C)=CC1(C)C. The molecule has 0 radical (unpaired) electrons. The van der Waals surface area contributed by atoms with Crippen LogP contribution in [0.4, 0.5) is 15.8 Å². The second kappa shape index (κ2) is 6.83. The molecule has 0 spiro atoms. The number of nitrogens with zero attached hydrogens (tertiary/aromatic N) is 2. The Kier molecular flexibility index (Phi) is 4.76. The van der Waals surface area contributed by atoms with Crippen LogP contribution < -0.4 is 4.90 Å². The van der Waals surface area contributed by atoms with Gasteiger partial charge in [-0.25, -0.2) is 4.39 Å². The van der Waals surface area contributed by atoms with E-state index in [1.165, 1.54) is 29.0 Å². The van der Waals surface area contributed by atoms with Gasteiger partial charge in [0.05, 0.1) is 11.2 Å². The molecule has 2 aromatic carbocycles. The molecule has 0 saturated carbocycles. The zero-order valence-electron chi connectivity index (χ0n) is 15.4. The van der Waals surface area contributed by atoms with Crippen molar-refractivity contribution in [1.29, 1.82) is 0 Å². The van der Waals surface area contributed by atoms with Crippen LogP contribution in [0, 0.1) is 5.82 Å². The predicted molar refractivity (Wildman–Crippen MR) is 105 cm³/mol. The summed E-state index contributed by atoms with van der Waals surface area (Å²) >= 11 is 0. The van der Waals surface area contributed by atoms with Crippen LogP contribution in [-0.2, 0) is 0 Å². The van der Waals surface area contributed by atoms with Gasteiger partial charge >= 0.3 is 0 Å². The molecule has 0 N–H and O–H groups in total. The highest BCUT2D eigenvalue weighted by molar-refractivity contribution is 5.88. The van der Waals surface area contributed by atoms with E-state index in [-0.39, 0.29) is 11.4 Å². The third kappa shape index (κ3) is 3.65. The lowest BCUT2D eigenvalue weighted by Gasteiger charge is -2.43. The highest BCUT2D eigenvalue weighted by atomic mass is 19.1. The topological polar surface area (TPSA) is 15.6 Å². The van der Waals surface area contributed by atoms with E-state index in [4.69, 9.17) is 0 Å². The second-order valence-corrected chi connectivity index (χ2v) is 7.14. The molecule has 0 aromatic heterocycles. The summed E-state index contributed by atoms with van der Waals surface area (Å²) in [7, 11) is 0. The molecule has 0 atom stereocenters. The van der Waals surface area contributed by atoms with Gasteiger partial charge in [0.15, 0.2) is 0 Å². The molecular weight excluding hydrogens is 311 g/mol. The lowest BCUT2D eigenvalue weighted by atomic mass is 9.88. The highest BCUT2D eigenvalue weighted by Gasteiger charge is 2.30. The summed E-state index contributed by atoms with van der Waals surface area (Å²) < 4.78 is 13.0. The Hall–Kier alpha value is -2.42. The highest BCUT2D eigenvalue weighted by Crippen LogP contribution is 2.39. The van der Waals surface area contributed by atoms with Crippen molar-refractivity contribution in [3.05, 3.63) is 65.5 Å². The summed E-state index contributed by atoms with van der Waals surface area (Å²) in [5.41, 5.74) is 5.66. The molecule has 1 heterocycles. The fourth-order valence-corrected chi connectivity index (χ4v) is 3.49. The summed E-state index contributed by atoms with van der Waals surface area (Å²) in [5.74, 6) is -0.243. The Labute approximate surface area is 149 Å². The van der Waals surface area contributed by atoms with Gasteiger partial charge in [0, 0.05) is 24.0 Å². The zero-order chi connectivity index (χ0) is 18.0. The van der Waals surface area contributed by atoms with Crippen LogP contribution in [-0.4, -0.2) is 18.3 Å². The zero-order valence-corrected chi connectivity index (χ0v) is 15.4. The number of anilines is 1. The normalized spacial score (nSPS) is 16.0. The van der Waals surface area contributed by atoms with Gasteiger partial charge in [0.2, 0.25) is 0 Å². The van der Waals surface area contributed by atoms with Crippen molar-refractivity contribution in [2.75, 3.05) is 11.4 Å². The summed E-state index contributed by atoms with van der Waals surface area (Å²) in [6.07, 6.45) is 5.29. The first kappa shape index (κ1) is 17.4. The van der Waals surface area contributed by atoms with Crippen LogP contribution in [0.2, 0.25) is 0 Å². The van der Waals surface area contributed by atoms with Crippen LogP contribution in [0.5, 0.6) is 0 Å². The maximum atomic E-state index is 13.0. The van der Waals surface area contributed by atoms with E-state index in [1.807, 2.05) is 6.21 Å². The molecule has 1 aliphatic heterocycles. The number of rotatable bonds is 4. The van der Waals surface area contributed by atoms with Crippen LogP contribution in [0.15, 0.2) is 53.5 Å². The van der Waals surface area contributed by atoms with Crippen LogP contribution in [0.25, 0.3) is 5.57 Å². The maximum absolute atomic E-state index is 13.0. The third-order valence-electron chi connectivity index (χ3n) is 4.64. The number of halogens is 1. The Bertz CT molecular complexity index is 816. The van der Waals surface area contributed by atoms with Crippen molar-refractivity contribution < 1.29 is 4.39 Å². The molecule has 3 heteroatoms. The number of aliphatic imine (C=N–C) groups is 1. The molecule has 25 heavy (non-hydrogen) atoms. The quantitative estimate of drug-likeness (QED) is 0.626. The average Bonchev–Trinajstić information content (AvgIpc) is 2.58. The van der Waals surface area contributed by atoms with Crippen molar-refractivity contribution >= 4 is 23.2 Å². The van der Waals surface area contributed by atoms with E-state index in [0.717, 1.165) is 24.2 Å². The predicted octanol–water partition coefficient (Wildman–Crippen LogP) is 5.99. The molecule has 0 amide bonds. The van der Waals surface area contributed by atoms with E-state index >= 15 is 0 Å². The molecule has 0 bridgehead atoms. The summed E-state index contributed by atoms with van der Waals surface area (Å²) in [6.45, 7) is 9.94. The minimum atomic E-state index is -0.243. The first-order valence-electron chi connectivity index (χ1n) is 8.82. The Balaban J connectivity index is 1.93. The van der Waals surface area contributed by atoms with Crippen molar-refractivity contribution in [3.63, 3.8) is 0 Å². The first-order chi connectivity index (χ1) is 11.9. The number of hydrogen-bond acceptors (Lipinski definition) is 2. The van der Waals surface area contributed by atoms with Gasteiger partial charge in [-0.1, -0.05) is 19.1 Å². The van der Waals surface area contributed by atoms with Gasteiger partial charge in [0.25, 0.3) is 0 Å². The number of allylic oxidation sites excluding steroid dienone is 1. The molecule has 1 aliphatic rings. The van der Waals surface area contributed by atoms with E-state index in [1.54, 1.807) is 12.1 Å². The number of hydrogen-bond donors (Lipinski definition) is 0. The maximum Gasteiger partial charge on any atom is 0.123 e. The van der Waals surface area contributed by atoms with Gasteiger partial charge in [-0.2, -0.15) is 0 Å². The van der Waals surface area contributed by atoms with Gasteiger partial charge in [-0.15, -0.1) is 0 Å². The summed E-state index contributed by atoms with van der Waals surface area (Å²) in [4.78, 5) is 6.92. The summed E-state index contributed by atoms with van der Waals surface area (Å²) in [6, 6.07) is 12.7. The van der Waals surface area contributed by atoms with Gasteiger partial charge in [0.1, 0.15) is 5.82 Å². The van der Waals surface area contributed by atoms with Crippen molar-refractivity contribution in [2.45, 2.75) is 39.7 Å². The monoisotopic (exact) mass is 336 g/mol. The fraction of sp³-hybridized carbons (Fsp3) is 0.318. The molecule has 0 fully saturated rings. The molecular formula is C22H25FN2. The van der Waals surface area contributed by atoms with Crippen LogP contribution >= 0.6 is 0 Å². The van der Waals surface area contributed by atoms with Crippen molar-refractivity contribution in [2.24, 2.45) is 4.99 Å². The Morgan fingerprint density at radius 1 is 1.12 bits per heavy atom. The van der Waals surface area contributed by atoms with E-state index < -0.39 is 0 Å². The average molecular weight is 336 g/mol. The third-order valence-corrected chi connectivity index (χ3v) is 4.64. The standard InChI is InChI=1S/C22H25FN2/c1-5-12-25-21-11-6-17(13-20(21)16(2)14-22(25,3)4)15-24-19-9-7-18(23)8-10-19/h6-11,13-15H,5,12H2,1-4H3. The number of benzene rings is 2. The largest absolute Gasteiger partial charge is 0.362 e. The molecule has 2 aromatic rings. The fourth-order valence-electron chi connectivity index (χ4n) is 3.49. The van der Waals surface area contributed by atoms with E-state index in [9.17, 15) is 4.39 Å². The van der Waals surface area contributed by atoms with E-state index in [0.29, 0.717) is 0 Å². The second-order valence-electron chi connectivity index (χ2n) is 7.14. The Morgan fingerprint density at radius 3 is 2.52 bits per heavy atom. The van der Waals surface area contributed by atoms with E-state index in [2.05, 4.69) is 61.9 Å². The van der Waals surface area contributed by atoms with Crippen LogP contribution in [0.1, 0.15) is 45.2 Å². The van der Waals surface area contributed by atoms with Gasteiger partial charge < -0.3 is 4.90 Å².